The van der Waals surface area contributed by atoms with Crippen LogP contribution in [0.2, 0.25) is 0 Å². The lowest BCUT2D eigenvalue weighted by Crippen LogP contribution is -2.26. The summed E-state index contributed by atoms with van der Waals surface area (Å²) in [6.07, 6.45) is 1.35. The maximum absolute atomic E-state index is 9.25. The molecule has 0 spiro atoms. The van der Waals surface area contributed by atoms with Crippen LogP contribution in [0, 0.1) is 23.2 Å². The van der Waals surface area contributed by atoms with E-state index in [1.807, 2.05) is 30.3 Å². The number of nitriles is 1. The predicted molar refractivity (Wildman–Crippen MR) is 69.6 cm³/mol. The second kappa shape index (κ2) is 5.33. The summed E-state index contributed by atoms with van der Waals surface area (Å²) in [7, 11) is 2.12. The number of hydrogen-bond donors (Lipinski definition) is 0. The summed E-state index contributed by atoms with van der Waals surface area (Å²) in [4.78, 5) is 2.30. The Morgan fingerprint density at radius 3 is 2.59 bits per heavy atom. The van der Waals surface area contributed by atoms with Gasteiger partial charge in [0.1, 0.15) is 0 Å². The molecule has 2 rings (SSSR count). The van der Waals surface area contributed by atoms with Crippen LogP contribution in [0.15, 0.2) is 30.3 Å². The summed E-state index contributed by atoms with van der Waals surface area (Å²) in [5, 5.41) is 9.25. The Hall–Kier alpha value is -1.33. The Bertz CT molecular complexity index is 393. The quantitative estimate of drug-likeness (QED) is 0.775. The van der Waals surface area contributed by atoms with Gasteiger partial charge in [0.2, 0.25) is 0 Å². The largest absolute Gasteiger partial charge is 0.304 e. The Labute approximate surface area is 104 Å². The molecule has 1 aliphatic carbocycles. The zero-order valence-corrected chi connectivity index (χ0v) is 10.6. The van der Waals surface area contributed by atoms with E-state index in [9.17, 15) is 5.26 Å². The molecule has 0 amide bonds. The molecule has 3 atom stereocenters. The smallest absolute Gasteiger partial charge is 0.0839 e. The minimum Gasteiger partial charge on any atom is -0.304 e. The molecular weight excluding hydrogens is 208 g/mol. The van der Waals surface area contributed by atoms with E-state index >= 15 is 0 Å². The van der Waals surface area contributed by atoms with E-state index in [-0.39, 0.29) is 5.92 Å². The van der Waals surface area contributed by atoms with E-state index in [0.717, 1.165) is 30.5 Å². The van der Waals surface area contributed by atoms with Crippen molar-refractivity contribution < 1.29 is 0 Å². The molecule has 0 heterocycles. The van der Waals surface area contributed by atoms with E-state index in [1.165, 1.54) is 6.42 Å². The van der Waals surface area contributed by atoms with Crippen molar-refractivity contribution >= 4 is 0 Å². The number of hydrogen-bond acceptors (Lipinski definition) is 2. The molecule has 17 heavy (non-hydrogen) atoms. The van der Waals surface area contributed by atoms with E-state index in [1.54, 1.807) is 0 Å². The van der Waals surface area contributed by atoms with Gasteiger partial charge in [0.15, 0.2) is 0 Å². The van der Waals surface area contributed by atoms with Gasteiger partial charge in [0.05, 0.1) is 12.0 Å². The number of nitrogens with zero attached hydrogens (tertiary/aromatic N) is 2. The lowest BCUT2D eigenvalue weighted by molar-refractivity contribution is 0.309. The van der Waals surface area contributed by atoms with Gasteiger partial charge in [-0.15, -0.1) is 0 Å². The fraction of sp³-hybridized carbons (Fsp3) is 0.533. The van der Waals surface area contributed by atoms with E-state index in [2.05, 4.69) is 24.9 Å². The number of rotatable bonds is 5. The second-order valence-electron chi connectivity index (χ2n) is 5.29. The fourth-order valence-electron chi connectivity index (χ4n) is 2.35. The van der Waals surface area contributed by atoms with E-state index < -0.39 is 0 Å². The van der Waals surface area contributed by atoms with Gasteiger partial charge in [-0.05, 0) is 30.9 Å². The summed E-state index contributed by atoms with van der Waals surface area (Å²) in [6.45, 7) is 4.27. The molecule has 0 bridgehead atoms. The second-order valence-corrected chi connectivity index (χ2v) is 5.29. The lowest BCUT2D eigenvalue weighted by Gasteiger charge is -2.20. The molecule has 1 aromatic carbocycles. The van der Waals surface area contributed by atoms with Gasteiger partial charge < -0.3 is 4.90 Å². The molecule has 2 nitrogen and oxygen atoms in total. The third kappa shape index (κ3) is 3.31. The normalized spacial score (nSPS) is 24.4. The molecule has 1 fully saturated rings. The number of likely N-dealkylation sites (N-methyl/N-ethyl adjacent to an activating group) is 1. The molecule has 1 aromatic rings. The first-order valence-electron chi connectivity index (χ1n) is 6.33. The first kappa shape index (κ1) is 12.1. The Morgan fingerprint density at radius 2 is 2.06 bits per heavy atom. The molecule has 3 unspecified atom stereocenters. The van der Waals surface area contributed by atoms with Gasteiger partial charge in [-0.3, -0.25) is 0 Å². The van der Waals surface area contributed by atoms with Crippen molar-refractivity contribution in [1.82, 2.24) is 4.90 Å². The van der Waals surface area contributed by atoms with Crippen LogP contribution in [0.4, 0.5) is 0 Å². The third-order valence-electron chi connectivity index (χ3n) is 3.67. The molecule has 1 saturated carbocycles. The molecule has 0 aliphatic heterocycles. The Balaban J connectivity index is 1.89. The maximum atomic E-state index is 9.25. The maximum Gasteiger partial charge on any atom is 0.0839 e. The van der Waals surface area contributed by atoms with Crippen LogP contribution in [0.3, 0.4) is 0 Å². The molecular formula is C15H20N2. The Kier molecular flexibility index (Phi) is 3.81. The van der Waals surface area contributed by atoms with Gasteiger partial charge in [0, 0.05) is 13.1 Å². The zero-order chi connectivity index (χ0) is 12.3. The van der Waals surface area contributed by atoms with Crippen molar-refractivity contribution in [2.45, 2.75) is 19.3 Å². The van der Waals surface area contributed by atoms with Gasteiger partial charge in [-0.25, -0.2) is 0 Å². The summed E-state index contributed by atoms with van der Waals surface area (Å²) in [6, 6.07) is 12.5. The van der Waals surface area contributed by atoms with E-state index in [0.29, 0.717) is 0 Å². The van der Waals surface area contributed by atoms with Crippen LogP contribution in [-0.4, -0.2) is 25.0 Å². The van der Waals surface area contributed by atoms with Crippen molar-refractivity contribution in [2.24, 2.45) is 11.8 Å². The van der Waals surface area contributed by atoms with Crippen LogP contribution in [-0.2, 0) is 0 Å². The molecule has 0 N–H and O–H groups in total. The fourth-order valence-corrected chi connectivity index (χ4v) is 2.35. The van der Waals surface area contributed by atoms with Crippen molar-refractivity contribution in [2.75, 3.05) is 20.1 Å². The highest BCUT2D eigenvalue weighted by atomic mass is 15.1. The number of benzene rings is 1. The summed E-state index contributed by atoms with van der Waals surface area (Å²) < 4.78 is 0. The van der Waals surface area contributed by atoms with Gasteiger partial charge >= 0.3 is 0 Å². The molecule has 1 aliphatic rings. The summed E-state index contributed by atoms with van der Waals surface area (Å²) in [5.41, 5.74) is 1.13. The van der Waals surface area contributed by atoms with E-state index in [4.69, 9.17) is 0 Å². The summed E-state index contributed by atoms with van der Waals surface area (Å²) in [5.74, 6) is 1.74. The van der Waals surface area contributed by atoms with Crippen molar-refractivity contribution in [1.29, 1.82) is 5.26 Å². The highest BCUT2D eigenvalue weighted by molar-refractivity contribution is 5.25. The zero-order valence-electron chi connectivity index (χ0n) is 10.6. The highest BCUT2D eigenvalue weighted by Crippen LogP contribution is 2.38. The topological polar surface area (TPSA) is 27.0 Å². The highest BCUT2D eigenvalue weighted by Gasteiger charge is 2.33. The van der Waals surface area contributed by atoms with Crippen LogP contribution >= 0.6 is 0 Å². The minimum absolute atomic E-state index is 0.00439. The summed E-state index contributed by atoms with van der Waals surface area (Å²) >= 11 is 0. The molecule has 90 valence electrons. The van der Waals surface area contributed by atoms with Gasteiger partial charge in [-0.2, -0.15) is 5.26 Å². The first-order chi connectivity index (χ1) is 8.20. The van der Waals surface area contributed by atoms with Crippen LogP contribution in [0.25, 0.3) is 0 Å². The molecule has 0 radical (unpaired) electrons. The minimum atomic E-state index is -0.00439. The molecule has 2 heteroatoms. The average molecular weight is 228 g/mol. The third-order valence-corrected chi connectivity index (χ3v) is 3.67. The van der Waals surface area contributed by atoms with Gasteiger partial charge in [-0.1, -0.05) is 37.3 Å². The molecule has 0 saturated heterocycles. The monoisotopic (exact) mass is 228 g/mol. The average Bonchev–Trinajstić information content (AvgIpc) is 3.03. The van der Waals surface area contributed by atoms with Gasteiger partial charge in [0.25, 0.3) is 0 Å². The first-order valence-corrected chi connectivity index (χ1v) is 6.33. The SMILES string of the molecule is CC1CC1CN(C)CC(C#N)c1ccccc1. The molecule has 0 aromatic heterocycles. The van der Waals surface area contributed by atoms with Crippen molar-refractivity contribution in [3.63, 3.8) is 0 Å². The van der Waals surface area contributed by atoms with Crippen LogP contribution in [0.1, 0.15) is 24.8 Å². The lowest BCUT2D eigenvalue weighted by atomic mass is 10.0. The van der Waals surface area contributed by atoms with Crippen LogP contribution in [0.5, 0.6) is 0 Å². The standard InChI is InChI=1S/C15H20N2/c1-12-8-14(12)10-17(2)11-15(9-16)13-6-4-3-5-7-13/h3-7,12,14-15H,8,10-11H2,1-2H3. The van der Waals surface area contributed by atoms with Crippen molar-refractivity contribution in [3.8, 4) is 6.07 Å². The van der Waals surface area contributed by atoms with Crippen LogP contribution < -0.4 is 0 Å². The Morgan fingerprint density at radius 1 is 1.41 bits per heavy atom. The predicted octanol–water partition coefficient (Wildman–Crippen LogP) is 2.88. The van der Waals surface area contributed by atoms with Crippen molar-refractivity contribution in [3.05, 3.63) is 35.9 Å².